The Kier molecular flexibility index (Phi) is 9.97. The van der Waals surface area contributed by atoms with Gasteiger partial charge in [-0.05, 0) is 74.8 Å². The molecule has 260 valence electrons. The number of amides is 1. The van der Waals surface area contributed by atoms with Crippen molar-refractivity contribution in [3.63, 3.8) is 0 Å². The van der Waals surface area contributed by atoms with E-state index in [0.717, 1.165) is 62.7 Å². The maximum Gasteiger partial charge on any atom is 0.247 e. The molecule has 4 heterocycles. The van der Waals surface area contributed by atoms with Crippen molar-refractivity contribution in [1.82, 2.24) is 19.8 Å². The summed E-state index contributed by atoms with van der Waals surface area (Å²) in [5, 5.41) is 8.20. The van der Waals surface area contributed by atoms with Crippen molar-refractivity contribution in [3.05, 3.63) is 72.3 Å². The number of piperazine rings is 1. The molecule has 1 saturated carbocycles. The second kappa shape index (κ2) is 14.7. The Labute approximate surface area is 288 Å². The highest BCUT2D eigenvalue weighted by Crippen LogP contribution is 2.40. The van der Waals surface area contributed by atoms with E-state index in [9.17, 15) is 9.18 Å². The lowest BCUT2D eigenvalue weighted by molar-refractivity contribution is -0.111. The van der Waals surface area contributed by atoms with Crippen LogP contribution in [-0.4, -0.2) is 96.8 Å². The summed E-state index contributed by atoms with van der Waals surface area (Å²) in [6, 6.07) is 12.3. The molecular formula is C37H47FN8O3. The van der Waals surface area contributed by atoms with Crippen LogP contribution >= 0.6 is 0 Å². The molecule has 12 heteroatoms. The van der Waals surface area contributed by atoms with E-state index in [0.29, 0.717) is 53.4 Å². The first-order valence-corrected chi connectivity index (χ1v) is 17.5. The number of hydrogen-bond donors (Lipinski definition) is 2. The smallest absolute Gasteiger partial charge is 0.247 e. The molecule has 11 nitrogen and oxygen atoms in total. The molecule has 1 aliphatic carbocycles. The maximum atomic E-state index is 14.2. The van der Waals surface area contributed by atoms with Gasteiger partial charge in [-0.3, -0.25) is 19.4 Å². The zero-order chi connectivity index (χ0) is 33.9. The molecule has 0 bridgehead atoms. The summed E-state index contributed by atoms with van der Waals surface area (Å²) in [5.41, 5.74) is 3.84. The summed E-state index contributed by atoms with van der Waals surface area (Å²) in [6.45, 7) is 12.5. The Balaban J connectivity index is 1.07. The fourth-order valence-corrected chi connectivity index (χ4v) is 7.51. The summed E-state index contributed by atoms with van der Waals surface area (Å²) < 4.78 is 20.1. The molecule has 7 rings (SSSR count). The summed E-state index contributed by atoms with van der Waals surface area (Å²) in [7, 11) is 1.64. The number of hydrogen-bond acceptors (Lipinski definition) is 10. The van der Waals surface area contributed by atoms with Crippen LogP contribution in [0.1, 0.15) is 43.2 Å². The predicted molar refractivity (Wildman–Crippen MR) is 190 cm³/mol. The van der Waals surface area contributed by atoms with Crippen molar-refractivity contribution < 1.29 is 18.8 Å². The average Bonchev–Trinajstić information content (AvgIpc) is 3.88. The zero-order valence-electron chi connectivity index (χ0n) is 28.5. The van der Waals surface area contributed by atoms with E-state index in [-0.39, 0.29) is 17.8 Å². The Morgan fingerprint density at radius 2 is 1.73 bits per heavy atom. The number of rotatable bonds is 11. The summed E-state index contributed by atoms with van der Waals surface area (Å²) in [6.07, 6.45) is 9.07. The van der Waals surface area contributed by atoms with Gasteiger partial charge in [-0.15, -0.1) is 0 Å². The number of halogens is 1. The predicted octanol–water partition coefficient (Wildman–Crippen LogP) is 5.30. The van der Waals surface area contributed by atoms with Gasteiger partial charge in [0.05, 0.1) is 36.8 Å². The van der Waals surface area contributed by atoms with E-state index in [2.05, 4.69) is 41.9 Å². The molecule has 2 aromatic carbocycles. The van der Waals surface area contributed by atoms with Crippen molar-refractivity contribution in [1.29, 1.82) is 0 Å². The number of carbonyl (C=O) groups excluding carboxylic acids is 1. The first-order valence-electron chi connectivity index (χ1n) is 17.5. The lowest BCUT2D eigenvalue weighted by Gasteiger charge is -2.43. The topological polar surface area (TPSA) is 98.3 Å². The van der Waals surface area contributed by atoms with Crippen LogP contribution in [0, 0.1) is 12.7 Å². The normalized spacial score (nSPS) is 20.8. The molecule has 49 heavy (non-hydrogen) atoms. The minimum atomic E-state index is -0.282. The number of aromatic nitrogens is 2. The quantitative estimate of drug-likeness (QED) is 0.262. The lowest BCUT2D eigenvalue weighted by Crippen LogP contribution is -2.53. The highest BCUT2D eigenvalue weighted by molar-refractivity contribution is 6.02. The van der Waals surface area contributed by atoms with E-state index >= 15 is 0 Å². The van der Waals surface area contributed by atoms with Crippen LogP contribution in [0.4, 0.5) is 33.1 Å². The molecule has 3 saturated heterocycles. The van der Waals surface area contributed by atoms with Gasteiger partial charge in [0.2, 0.25) is 5.91 Å². The van der Waals surface area contributed by atoms with Gasteiger partial charge in [-0.1, -0.05) is 18.7 Å². The SMILES string of the molecule is C=CC(=O)Nc1cc(Nc2cc(N3OCC[C@@H]3Cc3cccc(F)c3C)ncn2)c(OC)cc1N1CCC(N2CCN(C3CC3)CC2)CC1. The molecule has 1 aromatic heterocycles. The Bertz CT molecular complexity index is 1650. The van der Waals surface area contributed by atoms with Crippen molar-refractivity contribution in [2.45, 2.75) is 63.6 Å². The molecule has 1 atom stereocenters. The molecule has 2 N–H and O–H groups in total. The van der Waals surface area contributed by atoms with E-state index in [4.69, 9.17) is 9.57 Å². The second-order valence-electron chi connectivity index (χ2n) is 13.5. The largest absolute Gasteiger partial charge is 0.494 e. The van der Waals surface area contributed by atoms with E-state index < -0.39 is 0 Å². The number of ether oxygens (including phenoxy) is 1. The molecule has 4 aliphatic rings. The van der Waals surface area contributed by atoms with Gasteiger partial charge in [-0.25, -0.2) is 19.4 Å². The van der Waals surface area contributed by atoms with Gasteiger partial charge in [-0.2, -0.15) is 0 Å². The van der Waals surface area contributed by atoms with Gasteiger partial charge in [0.15, 0.2) is 5.82 Å². The fraction of sp³-hybridized carbons (Fsp3) is 0.486. The molecule has 0 unspecified atom stereocenters. The van der Waals surface area contributed by atoms with Crippen LogP contribution in [0.5, 0.6) is 5.75 Å². The monoisotopic (exact) mass is 670 g/mol. The summed E-state index contributed by atoms with van der Waals surface area (Å²) in [5.74, 6) is 1.28. The maximum absolute atomic E-state index is 14.2. The van der Waals surface area contributed by atoms with Crippen LogP contribution in [0.2, 0.25) is 0 Å². The number of anilines is 5. The van der Waals surface area contributed by atoms with Gasteiger partial charge >= 0.3 is 0 Å². The third-order valence-corrected chi connectivity index (χ3v) is 10.5. The number of hydroxylamine groups is 1. The van der Waals surface area contributed by atoms with Gasteiger partial charge < -0.3 is 20.3 Å². The Morgan fingerprint density at radius 3 is 2.43 bits per heavy atom. The van der Waals surface area contributed by atoms with Crippen molar-refractivity contribution >= 4 is 34.6 Å². The second-order valence-corrected chi connectivity index (χ2v) is 13.5. The summed E-state index contributed by atoms with van der Waals surface area (Å²) in [4.78, 5) is 35.3. The van der Waals surface area contributed by atoms with E-state index in [1.54, 1.807) is 18.2 Å². The number of piperidine rings is 1. The fourth-order valence-electron chi connectivity index (χ4n) is 7.51. The van der Waals surface area contributed by atoms with Gasteiger partial charge in [0.25, 0.3) is 0 Å². The molecular weight excluding hydrogens is 623 g/mol. The number of methoxy groups -OCH3 is 1. The van der Waals surface area contributed by atoms with Crippen molar-refractivity contribution in [2.75, 3.05) is 73.6 Å². The van der Waals surface area contributed by atoms with Crippen LogP contribution < -0.4 is 25.3 Å². The van der Waals surface area contributed by atoms with Crippen LogP contribution in [0.15, 0.2) is 55.4 Å². The van der Waals surface area contributed by atoms with Crippen molar-refractivity contribution in [3.8, 4) is 5.75 Å². The van der Waals surface area contributed by atoms with E-state index in [1.807, 2.05) is 31.2 Å². The minimum absolute atomic E-state index is 0.00530. The Morgan fingerprint density at radius 1 is 1.00 bits per heavy atom. The standard InChI is InChI=1S/C37H47FN8O3/c1-4-37(47)42-31-21-32(34(48-3)22-33(31)45-13-10-28(11-14-45)44-17-15-43(16-18-44)27-8-9-27)41-35-23-36(40-24-39-35)46-29(12-19-49-46)20-26-6-5-7-30(38)25(26)2/h4-7,21-24,27-29H,1,8-20H2,2-3H3,(H,42,47)(H,39,40,41)/t29-/m1/s1. The Hall–Kier alpha value is -4.26. The third-order valence-electron chi connectivity index (χ3n) is 10.5. The molecule has 0 spiro atoms. The number of nitrogens with zero attached hydrogens (tertiary/aromatic N) is 6. The molecule has 3 aliphatic heterocycles. The number of benzene rings is 2. The highest BCUT2D eigenvalue weighted by atomic mass is 19.1. The number of carbonyl (C=O) groups is 1. The zero-order valence-corrected chi connectivity index (χ0v) is 28.5. The molecule has 4 fully saturated rings. The van der Waals surface area contributed by atoms with Crippen molar-refractivity contribution in [2.24, 2.45) is 0 Å². The molecule has 3 aromatic rings. The molecule has 0 radical (unpaired) electrons. The first kappa shape index (κ1) is 33.2. The molecule has 1 amide bonds. The minimum Gasteiger partial charge on any atom is -0.494 e. The lowest BCUT2D eigenvalue weighted by atomic mass is 9.99. The van der Waals surface area contributed by atoms with Crippen LogP contribution in [0.25, 0.3) is 0 Å². The average molecular weight is 671 g/mol. The highest BCUT2D eigenvalue weighted by Gasteiger charge is 2.34. The number of nitrogens with one attached hydrogen (secondary N) is 2. The first-order chi connectivity index (χ1) is 23.9. The van der Waals surface area contributed by atoms with E-state index in [1.165, 1.54) is 44.4 Å². The third kappa shape index (κ3) is 7.51. The van der Waals surface area contributed by atoms with Gasteiger partial charge in [0.1, 0.15) is 23.7 Å². The summed E-state index contributed by atoms with van der Waals surface area (Å²) >= 11 is 0. The van der Waals surface area contributed by atoms with Crippen LogP contribution in [0.3, 0.4) is 0 Å². The van der Waals surface area contributed by atoms with Gasteiger partial charge in [0, 0.05) is 63.5 Å². The van der Waals surface area contributed by atoms with Crippen LogP contribution in [-0.2, 0) is 16.1 Å².